The summed E-state index contributed by atoms with van der Waals surface area (Å²) in [7, 11) is -2.19. The minimum absolute atomic E-state index is 0.137. The van der Waals surface area contributed by atoms with Crippen LogP contribution in [-0.4, -0.2) is 15.5 Å². The van der Waals surface area contributed by atoms with Crippen molar-refractivity contribution >= 4 is 21.2 Å². The quantitative estimate of drug-likeness (QED) is 0.847. The van der Waals surface area contributed by atoms with E-state index in [2.05, 4.69) is 0 Å². The van der Waals surface area contributed by atoms with Crippen molar-refractivity contribution in [2.45, 2.75) is 11.8 Å². The number of rotatable bonds is 2. The first kappa shape index (κ1) is 15.1. The van der Waals surface area contributed by atoms with Crippen LogP contribution in [0.5, 0.6) is 5.75 Å². The van der Waals surface area contributed by atoms with Crippen molar-refractivity contribution in [3.05, 3.63) is 59.1 Å². The Labute approximate surface area is 135 Å². The fraction of sp³-hybridized carbons (Fsp3) is 0.118. The molecule has 5 nitrogen and oxygen atoms in total. The molecule has 6 heteroatoms. The number of hydrogen-bond acceptors (Lipinski definition) is 5. The second kappa shape index (κ2) is 5.45. The molecule has 2 aromatic rings. The molecule has 0 spiro atoms. The predicted octanol–water partition coefficient (Wildman–Crippen LogP) is 3.29. The van der Waals surface area contributed by atoms with Crippen LogP contribution in [0.15, 0.2) is 58.5 Å². The molecule has 23 heavy (non-hydrogen) atoms. The summed E-state index contributed by atoms with van der Waals surface area (Å²) in [4.78, 5) is 1.57. The van der Waals surface area contributed by atoms with E-state index >= 15 is 0 Å². The molecule has 0 N–H and O–H groups in total. The molecule has 116 valence electrons. The number of nitriles is 1. The first-order valence-corrected chi connectivity index (χ1v) is 8.36. The van der Waals surface area contributed by atoms with Gasteiger partial charge in [-0.05, 0) is 48.9 Å². The first-order chi connectivity index (χ1) is 11.0. The van der Waals surface area contributed by atoms with E-state index in [1.54, 1.807) is 48.4 Å². The number of sulfone groups is 1. The van der Waals surface area contributed by atoms with Crippen LogP contribution in [0.1, 0.15) is 5.56 Å². The monoisotopic (exact) mass is 326 g/mol. The van der Waals surface area contributed by atoms with Gasteiger partial charge in [0, 0.05) is 11.9 Å². The summed E-state index contributed by atoms with van der Waals surface area (Å²) in [5, 5.41) is 9.21. The second-order valence-corrected chi connectivity index (χ2v) is 7.03. The molecule has 0 amide bonds. The molecule has 0 fully saturated rings. The average molecular weight is 326 g/mol. The SMILES string of the molecule is COc1ccc(N2C=C(C#N)S(=O)(=O)c3ccc(C)cc32)cc1. The molecule has 0 atom stereocenters. The summed E-state index contributed by atoms with van der Waals surface area (Å²) < 4.78 is 30.1. The summed E-state index contributed by atoms with van der Waals surface area (Å²) in [5.74, 6) is 0.701. The Balaban J connectivity index is 2.24. The number of fused-ring (bicyclic) bond motifs is 1. The third-order valence-corrected chi connectivity index (χ3v) is 5.36. The number of hydrogen-bond donors (Lipinski definition) is 0. The maximum atomic E-state index is 12.5. The maximum Gasteiger partial charge on any atom is 0.220 e. The van der Waals surface area contributed by atoms with E-state index in [9.17, 15) is 13.7 Å². The topological polar surface area (TPSA) is 70.4 Å². The molecule has 0 aliphatic carbocycles. The lowest BCUT2D eigenvalue weighted by atomic mass is 10.2. The van der Waals surface area contributed by atoms with Gasteiger partial charge in [0.25, 0.3) is 0 Å². The van der Waals surface area contributed by atoms with Crippen LogP contribution in [0.25, 0.3) is 0 Å². The van der Waals surface area contributed by atoms with Crippen molar-refractivity contribution in [1.82, 2.24) is 0 Å². The Bertz CT molecular complexity index is 939. The van der Waals surface area contributed by atoms with Gasteiger partial charge in [0.15, 0.2) is 4.91 Å². The van der Waals surface area contributed by atoms with Gasteiger partial charge in [-0.2, -0.15) is 5.26 Å². The molecule has 0 unspecified atom stereocenters. The van der Waals surface area contributed by atoms with E-state index in [1.807, 2.05) is 19.1 Å². The Hall–Kier alpha value is -2.78. The van der Waals surface area contributed by atoms with Gasteiger partial charge < -0.3 is 9.64 Å². The minimum atomic E-state index is -3.77. The summed E-state index contributed by atoms with van der Waals surface area (Å²) in [6.45, 7) is 1.89. The zero-order valence-electron chi connectivity index (χ0n) is 12.6. The van der Waals surface area contributed by atoms with Crippen molar-refractivity contribution in [3.63, 3.8) is 0 Å². The largest absolute Gasteiger partial charge is 0.497 e. The van der Waals surface area contributed by atoms with Crippen LogP contribution in [0.3, 0.4) is 0 Å². The zero-order chi connectivity index (χ0) is 16.6. The van der Waals surface area contributed by atoms with Crippen molar-refractivity contribution in [3.8, 4) is 11.8 Å². The Morgan fingerprint density at radius 2 is 1.83 bits per heavy atom. The van der Waals surface area contributed by atoms with Crippen molar-refractivity contribution in [2.75, 3.05) is 12.0 Å². The zero-order valence-corrected chi connectivity index (χ0v) is 13.5. The lowest BCUT2D eigenvalue weighted by Crippen LogP contribution is -2.21. The van der Waals surface area contributed by atoms with Gasteiger partial charge >= 0.3 is 0 Å². The molecule has 3 rings (SSSR count). The van der Waals surface area contributed by atoms with Crippen LogP contribution in [0.2, 0.25) is 0 Å². The van der Waals surface area contributed by atoms with E-state index in [4.69, 9.17) is 4.74 Å². The number of aryl methyl sites for hydroxylation is 1. The molecule has 1 heterocycles. The predicted molar refractivity (Wildman–Crippen MR) is 87.2 cm³/mol. The Morgan fingerprint density at radius 1 is 1.13 bits per heavy atom. The van der Waals surface area contributed by atoms with Crippen LogP contribution in [0, 0.1) is 18.3 Å². The fourth-order valence-electron chi connectivity index (χ4n) is 2.46. The molecule has 0 radical (unpaired) electrons. The molecular formula is C17H14N2O3S. The van der Waals surface area contributed by atoms with Crippen molar-refractivity contribution < 1.29 is 13.2 Å². The highest BCUT2D eigenvalue weighted by molar-refractivity contribution is 7.95. The Kier molecular flexibility index (Phi) is 3.58. The smallest absolute Gasteiger partial charge is 0.220 e. The second-order valence-electron chi connectivity index (χ2n) is 5.15. The summed E-state index contributed by atoms with van der Waals surface area (Å²) >= 11 is 0. The number of nitrogens with zero attached hydrogens (tertiary/aromatic N) is 2. The van der Waals surface area contributed by atoms with Crippen molar-refractivity contribution in [1.29, 1.82) is 5.26 Å². The highest BCUT2D eigenvalue weighted by atomic mass is 32.2. The van der Waals surface area contributed by atoms with Gasteiger partial charge in [-0.15, -0.1) is 0 Å². The molecule has 1 aliphatic rings. The number of methoxy groups -OCH3 is 1. The van der Waals surface area contributed by atoms with Crippen LogP contribution in [0.4, 0.5) is 11.4 Å². The number of benzene rings is 2. The minimum Gasteiger partial charge on any atom is -0.497 e. The molecule has 0 saturated carbocycles. The lowest BCUT2D eigenvalue weighted by Gasteiger charge is -2.28. The normalized spacial score (nSPS) is 15.3. The first-order valence-electron chi connectivity index (χ1n) is 6.88. The van der Waals surface area contributed by atoms with Gasteiger partial charge in [-0.3, -0.25) is 0 Å². The van der Waals surface area contributed by atoms with Gasteiger partial charge in [-0.25, -0.2) is 8.42 Å². The molecule has 0 saturated heterocycles. The number of anilines is 2. The highest BCUT2D eigenvalue weighted by Gasteiger charge is 2.32. The highest BCUT2D eigenvalue weighted by Crippen LogP contribution is 2.40. The third kappa shape index (κ3) is 2.45. The van der Waals surface area contributed by atoms with E-state index in [-0.39, 0.29) is 9.80 Å². The van der Waals surface area contributed by atoms with Gasteiger partial charge in [-0.1, -0.05) is 6.07 Å². The molecule has 2 aromatic carbocycles. The molecule has 0 aromatic heterocycles. The lowest BCUT2D eigenvalue weighted by molar-refractivity contribution is 0.415. The molecule has 1 aliphatic heterocycles. The average Bonchev–Trinajstić information content (AvgIpc) is 2.55. The van der Waals surface area contributed by atoms with E-state index in [1.165, 1.54) is 6.20 Å². The van der Waals surface area contributed by atoms with Crippen LogP contribution < -0.4 is 9.64 Å². The maximum absolute atomic E-state index is 12.5. The van der Waals surface area contributed by atoms with Crippen LogP contribution in [-0.2, 0) is 9.84 Å². The van der Waals surface area contributed by atoms with Crippen LogP contribution >= 0.6 is 0 Å². The van der Waals surface area contributed by atoms with E-state index < -0.39 is 9.84 Å². The number of ether oxygens (including phenoxy) is 1. The number of allylic oxidation sites excluding steroid dienone is 1. The van der Waals surface area contributed by atoms with Gasteiger partial charge in [0.1, 0.15) is 11.8 Å². The van der Waals surface area contributed by atoms with Gasteiger partial charge in [0.05, 0.1) is 17.7 Å². The standard InChI is InChI=1S/C17H14N2O3S/c1-12-3-8-17-16(9-12)19(11-15(10-18)23(17,20)21)13-4-6-14(22-2)7-5-13/h3-9,11H,1-2H3. The van der Waals surface area contributed by atoms with E-state index in [0.29, 0.717) is 11.4 Å². The van der Waals surface area contributed by atoms with Crippen molar-refractivity contribution in [2.24, 2.45) is 0 Å². The third-order valence-electron chi connectivity index (χ3n) is 3.66. The summed E-state index contributed by atoms with van der Waals surface area (Å²) in [5.41, 5.74) is 2.22. The summed E-state index contributed by atoms with van der Waals surface area (Å²) in [6, 6.07) is 14.0. The fourth-order valence-corrected chi connectivity index (χ4v) is 3.74. The molecular weight excluding hydrogens is 312 g/mol. The summed E-state index contributed by atoms with van der Waals surface area (Å²) in [6.07, 6.45) is 1.36. The molecule has 0 bridgehead atoms. The Morgan fingerprint density at radius 3 is 2.43 bits per heavy atom. The van der Waals surface area contributed by atoms with E-state index in [0.717, 1.165) is 11.3 Å². The van der Waals surface area contributed by atoms with Gasteiger partial charge in [0.2, 0.25) is 9.84 Å².